The number of benzene rings is 1. The molecular weight excluding hydrogens is 263 g/mol. The number of nitrogens with one attached hydrogen (secondary N) is 2. The molecule has 2 rings (SSSR count). The molecule has 1 aromatic heterocycles. The van der Waals surface area contributed by atoms with Gasteiger partial charge in [0, 0.05) is 11.8 Å². The number of aromatic nitrogens is 4. The van der Waals surface area contributed by atoms with Crippen LogP contribution < -0.4 is 5.32 Å². The van der Waals surface area contributed by atoms with Gasteiger partial charge in [0.1, 0.15) is 17.5 Å². The minimum absolute atomic E-state index is 0.00348. The maximum atomic E-state index is 13.7. The molecule has 8 heteroatoms. The van der Waals surface area contributed by atoms with Crippen molar-refractivity contribution < 1.29 is 9.18 Å². The number of allylic oxidation sites excluding steroid dienone is 1. The largest absolute Gasteiger partial charge is 0.357 e. The van der Waals surface area contributed by atoms with Gasteiger partial charge in [-0.15, -0.1) is 10.2 Å². The van der Waals surface area contributed by atoms with Crippen molar-refractivity contribution in [1.82, 2.24) is 20.6 Å². The van der Waals surface area contributed by atoms with Crippen molar-refractivity contribution in [2.75, 3.05) is 5.32 Å². The molecule has 2 N–H and O–H groups in total. The summed E-state index contributed by atoms with van der Waals surface area (Å²) in [7, 11) is 0. The number of anilines is 1. The number of H-pyrrole nitrogens is 1. The maximum absolute atomic E-state index is 13.7. The fourth-order valence-corrected chi connectivity index (χ4v) is 1.53. The molecule has 20 heavy (non-hydrogen) atoms. The molecule has 7 nitrogen and oxygen atoms in total. The summed E-state index contributed by atoms with van der Waals surface area (Å²) in [5, 5.41) is 24.4. The molecule has 0 aliphatic heterocycles. The smallest absolute Gasteiger partial charge is 0.216 e. The first kappa shape index (κ1) is 13.4. The molecular formula is C12H9FN6O. The van der Waals surface area contributed by atoms with Crippen molar-refractivity contribution in [1.29, 1.82) is 5.26 Å². The number of para-hydroxylation sites is 1. The molecule has 0 saturated heterocycles. The van der Waals surface area contributed by atoms with E-state index in [9.17, 15) is 9.18 Å². The third-order valence-corrected chi connectivity index (χ3v) is 2.46. The van der Waals surface area contributed by atoms with Gasteiger partial charge in [0.15, 0.2) is 5.78 Å². The number of rotatable bonds is 4. The molecule has 0 aliphatic rings. The highest BCUT2D eigenvalue weighted by Crippen LogP contribution is 2.21. The molecule has 1 heterocycles. The van der Waals surface area contributed by atoms with Crippen LogP contribution in [0, 0.1) is 17.1 Å². The molecule has 0 fully saturated rings. The summed E-state index contributed by atoms with van der Waals surface area (Å²) in [5.74, 6) is -0.821. The summed E-state index contributed by atoms with van der Waals surface area (Å²) in [5.41, 5.74) is 0.236. The standard InChI is InChI=1S/C12H9FN6O/c1-7(20)9-3-2-4-10(13)11(9)15-6-8(5-14)12-16-18-19-17-12/h2-4,6,15H,1H3,(H,16,17,18,19). The van der Waals surface area contributed by atoms with Crippen LogP contribution in [0.3, 0.4) is 0 Å². The third kappa shape index (κ3) is 2.67. The summed E-state index contributed by atoms with van der Waals surface area (Å²) in [4.78, 5) is 11.4. The molecule has 100 valence electrons. The van der Waals surface area contributed by atoms with E-state index in [0.29, 0.717) is 0 Å². The minimum atomic E-state index is -0.598. The summed E-state index contributed by atoms with van der Waals surface area (Å²) in [6.45, 7) is 1.33. The van der Waals surface area contributed by atoms with Crippen LogP contribution in [0.15, 0.2) is 24.4 Å². The minimum Gasteiger partial charge on any atom is -0.357 e. The first-order valence-electron chi connectivity index (χ1n) is 5.53. The quantitative estimate of drug-likeness (QED) is 0.645. The first-order chi connectivity index (χ1) is 9.63. The molecule has 0 saturated carbocycles. The van der Waals surface area contributed by atoms with Gasteiger partial charge in [0.2, 0.25) is 5.82 Å². The number of nitriles is 1. The van der Waals surface area contributed by atoms with Crippen LogP contribution in [0.5, 0.6) is 0 Å². The number of halogens is 1. The fourth-order valence-electron chi connectivity index (χ4n) is 1.53. The predicted molar refractivity (Wildman–Crippen MR) is 67.8 cm³/mol. The Kier molecular flexibility index (Phi) is 3.81. The summed E-state index contributed by atoms with van der Waals surface area (Å²) >= 11 is 0. The van der Waals surface area contributed by atoms with Gasteiger partial charge < -0.3 is 5.32 Å². The lowest BCUT2D eigenvalue weighted by Gasteiger charge is -2.07. The Bertz CT molecular complexity index is 701. The Morgan fingerprint density at radius 2 is 2.35 bits per heavy atom. The molecule has 2 aromatic rings. The van der Waals surface area contributed by atoms with Gasteiger partial charge in [-0.25, -0.2) is 4.39 Å². The van der Waals surface area contributed by atoms with Crippen molar-refractivity contribution in [2.45, 2.75) is 6.92 Å². The zero-order valence-corrected chi connectivity index (χ0v) is 10.4. The average molecular weight is 272 g/mol. The zero-order chi connectivity index (χ0) is 14.5. The first-order valence-corrected chi connectivity index (χ1v) is 5.53. The summed E-state index contributed by atoms with van der Waals surface area (Å²) in [6, 6.07) is 5.98. The normalized spacial score (nSPS) is 10.9. The zero-order valence-electron chi connectivity index (χ0n) is 10.4. The van der Waals surface area contributed by atoms with Gasteiger partial charge in [-0.2, -0.15) is 10.5 Å². The summed E-state index contributed by atoms with van der Waals surface area (Å²) < 4.78 is 13.7. The molecule has 0 atom stereocenters. The van der Waals surface area contributed by atoms with Crippen molar-refractivity contribution >= 4 is 17.0 Å². The Labute approximate surface area is 113 Å². The SMILES string of the molecule is CC(=O)c1cccc(F)c1NC=C(C#N)c1nn[nH]n1. The summed E-state index contributed by atoms with van der Waals surface area (Å²) in [6.07, 6.45) is 1.22. The number of hydrogen-bond acceptors (Lipinski definition) is 6. The van der Waals surface area contributed by atoms with E-state index in [-0.39, 0.29) is 28.4 Å². The van der Waals surface area contributed by atoms with E-state index < -0.39 is 5.82 Å². The maximum Gasteiger partial charge on any atom is 0.216 e. The van der Waals surface area contributed by atoms with E-state index in [4.69, 9.17) is 5.26 Å². The molecule has 0 bridgehead atoms. The van der Waals surface area contributed by atoms with Crippen molar-refractivity contribution in [3.8, 4) is 6.07 Å². The van der Waals surface area contributed by atoms with Crippen LogP contribution in [0.4, 0.5) is 10.1 Å². The molecule has 0 unspecified atom stereocenters. The Hall–Kier alpha value is -3.08. The van der Waals surface area contributed by atoms with Crippen LogP contribution in [0.2, 0.25) is 0 Å². The van der Waals surface area contributed by atoms with Crippen molar-refractivity contribution in [2.24, 2.45) is 0 Å². The second-order valence-electron chi connectivity index (χ2n) is 3.77. The van der Waals surface area contributed by atoms with E-state index in [0.717, 1.165) is 0 Å². The second-order valence-corrected chi connectivity index (χ2v) is 3.77. The number of aromatic amines is 1. The number of Topliss-reactive ketones (excluding diaryl/α,β-unsaturated/α-hetero) is 1. The number of carbonyl (C=O) groups excluding carboxylic acids is 1. The topological polar surface area (TPSA) is 107 Å². The second kappa shape index (κ2) is 5.71. The Morgan fingerprint density at radius 3 is 2.95 bits per heavy atom. The van der Waals surface area contributed by atoms with E-state index in [2.05, 4.69) is 25.9 Å². The average Bonchev–Trinajstić information content (AvgIpc) is 2.94. The molecule has 0 aliphatic carbocycles. The lowest BCUT2D eigenvalue weighted by Crippen LogP contribution is -2.03. The third-order valence-electron chi connectivity index (χ3n) is 2.46. The lowest BCUT2D eigenvalue weighted by molar-refractivity contribution is 0.101. The highest BCUT2D eigenvalue weighted by atomic mass is 19.1. The van der Waals surface area contributed by atoms with Gasteiger partial charge in [-0.1, -0.05) is 6.07 Å². The highest BCUT2D eigenvalue weighted by Gasteiger charge is 2.12. The molecule has 1 aromatic carbocycles. The van der Waals surface area contributed by atoms with E-state index >= 15 is 0 Å². The predicted octanol–water partition coefficient (Wildman–Crippen LogP) is 1.52. The molecule has 0 amide bonds. The van der Waals surface area contributed by atoms with Gasteiger partial charge in [-0.3, -0.25) is 4.79 Å². The lowest BCUT2D eigenvalue weighted by atomic mass is 10.1. The number of nitrogens with zero attached hydrogens (tertiary/aromatic N) is 4. The van der Waals surface area contributed by atoms with E-state index in [1.54, 1.807) is 0 Å². The fraction of sp³-hybridized carbons (Fsp3) is 0.0833. The van der Waals surface area contributed by atoms with Crippen molar-refractivity contribution in [3.05, 3.63) is 41.6 Å². The van der Waals surface area contributed by atoms with E-state index in [1.807, 2.05) is 6.07 Å². The number of carbonyl (C=O) groups is 1. The van der Waals surface area contributed by atoms with Gasteiger partial charge in [0.05, 0.1) is 5.69 Å². The van der Waals surface area contributed by atoms with Crippen LogP contribution in [-0.2, 0) is 0 Å². The van der Waals surface area contributed by atoms with Gasteiger partial charge in [0.25, 0.3) is 0 Å². The molecule has 0 radical (unpaired) electrons. The van der Waals surface area contributed by atoms with Crippen LogP contribution >= 0.6 is 0 Å². The highest BCUT2D eigenvalue weighted by molar-refractivity contribution is 6.00. The molecule has 0 spiro atoms. The number of ketones is 1. The monoisotopic (exact) mass is 272 g/mol. The van der Waals surface area contributed by atoms with Crippen LogP contribution in [-0.4, -0.2) is 26.4 Å². The Morgan fingerprint density at radius 1 is 1.55 bits per heavy atom. The van der Waals surface area contributed by atoms with Crippen LogP contribution in [0.25, 0.3) is 5.57 Å². The Balaban J connectivity index is 2.36. The van der Waals surface area contributed by atoms with Gasteiger partial charge in [-0.05, 0) is 24.3 Å². The number of hydrogen-bond donors (Lipinski definition) is 2. The van der Waals surface area contributed by atoms with Crippen LogP contribution in [0.1, 0.15) is 23.1 Å². The number of tetrazole rings is 1. The van der Waals surface area contributed by atoms with Gasteiger partial charge >= 0.3 is 0 Å². The van der Waals surface area contributed by atoms with Crippen molar-refractivity contribution in [3.63, 3.8) is 0 Å². The van der Waals surface area contributed by atoms with E-state index in [1.165, 1.54) is 31.3 Å².